The molecule has 0 aliphatic rings. The van der Waals surface area contributed by atoms with E-state index in [1.165, 1.54) is 5.56 Å². The summed E-state index contributed by atoms with van der Waals surface area (Å²) in [5, 5.41) is 3.20. The largest absolute Gasteiger partial charge is 0.489 e. The van der Waals surface area contributed by atoms with Crippen molar-refractivity contribution >= 4 is 0 Å². The minimum Gasteiger partial charge on any atom is -0.489 e. The predicted octanol–water partition coefficient (Wildman–Crippen LogP) is 2.92. The molecule has 0 aromatic heterocycles. The Hall–Kier alpha value is -1.28. The van der Waals surface area contributed by atoms with Crippen LogP contribution in [0.25, 0.3) is 0 Å². The lowest BCUT2D eigenvalue weighted by Crippen LogP contribution is -2.12. The first-order valence-corrected chi connectivity index (χ1v) is 5.18. The van der Waals surface area contributed by atoms with Crippen molar-refractivity contribution in [1.82, 2.24) is 5.32 Å². The van der Waals surface area contributed by atoms with Crippen molar-refractivity contribution in [2.45, 2.75) is 19.9 Å². The van der Waals surface area contributed by atoms with E-state index >= 15 is 0 Å². The van der Waals surface area contributed by atoms with Gasteiger partial charge in [-0.05, 0) is 44.2 Å². The number of nitrogens with one attached hydrogen (secondary N) is 1. The zero-order valence-electron chi connectivity index (χ0n) is 9.71. The fourth-order valence-corrected chi connectivity index (χ4v) is 1.25. The number of rotatable bonds is 5. The molecule has 1 N–H and O–H groups in total. The zero-order chi connectivity index (χ0) is 11.3. The van der Waals surface area contributed by atoms with Crippen molar-refractivity contribution in [3.63, 3.8) is 0 Å². The summed E-state index contributed by atoms with van der Waals surface area (Å²) in [5.41, 5.74) is 2.26. The van der Waals surface area contributed by atoms with Crippen LogP contribution in [-0.4, -0.2) is 13.7 Å². The van der Waals surface area contributed by atoms with Crippen LogP contribution in [0, 0.1) is 0 Å². The van der Waals surface area contributed by atoms with Crippen molar-refractivity contribution in [3.8, 4) is 5.75 Å². The average Bonchev–Trinajstić information content (AvgIpc) is 2.25. The van der Waals surface area contributed by atoms with E-state index in [0.29, 0.717) is 12.6 Å². The molecule has 0 heterocycles. The highest BCUT2D eigenvalue weighted by molar-refractivity contribution is 5.30. The molecule has 1 aromatic rings. The summed E-state index contributed by atoms with van der Waals surface area (Å²) in [4.78, 5) is 0. The maximum atomic E-state index is 5.58. The van der Waals surface area contributed by atoms with Crippen LogP contribution < -0.4 is 10.1 Å². The summed E-state index contributed by atoms with van der Waals surface area (Å²) in [6.07, 6.45) is 0. The van der Waals surface area contributed by atoms with Crippen molar-refractivity contribution in [2.24, 2.45) is 0 Å². The highest BCUT2D eigenvalue weighted by atomic mass is 16.5. The van der Waals surface area contributed by atoms with Gasteiger partial charge in [-0.25, -0.2) is 0 Å². The van der Waals surface area contributed by atoms with Crippen LogP contribution in [0.5, 0.6) is 5.75 Å². The standard InChI is InChI=1S/C13H19NO/c1-10(2)9-15-13-7-5-6-12(8-13)11(3)14-4/h5-8,11,14H,1,9H2,2-4H3. The van der Waals surface area contributed by atoms with Crippen LogP contribution >= 0.6 is 0 Å². The molecule has 1 atom stereocenters. The smallest absolute Gasteiger partial charge is 0.120 e. The van der Waals surface area contributed by atoms with Gasteiger partial charge in [0.25, 0.3) is 0 Å². The van der Waals surface area contributed by atoms with Crippen LogP contribution in [0.2, 0.25) is 0 Å². The fourth-order valence-electron chi connectivity index (χ4n) is 1.25. The van der Waals surface area contributed by atoms with Gasteiger partial charge in [0.05, 0.1) is 0 Å². The molecule has 1 unspecified atom stereocenters. The Labute approximate surface area is 92.0 Å². The summed E-state index contributed by atoms with van der Waals surface area (Å²) in [7, 11) is 1.95. The summed E-state index contributed by atoms with van der Waals surface area (Å²) < 4.78 is 5.58. The number of benzene rings is 1. The van der Waals surface area contributed by atoms with Gasteiger partial charge in [0, 0.05) is 6.04 Å². The van der Waals surface area contributed by atoms with Gasteiger partial charge in [0.1, 0.15) is 12.4 Å². The molecule has 0 saturated carbocycles. The van der Waals surface area contributed by atoms with E-state index < -0.39 is 0 Å². The molecule has 0 spiro atoms. The molecule has 0 fully saturated rings. The predicted molar refractivity (Wildman–Crippen MR) is 64.2 cm³/mol. The molecule has 0 amide bonds. The Morgan fingerprint density at radius 3 is 2.87 bits per heavy atom. The molecule has 0 radical (unpaired) electrons. The Balaban J connectivity index is 2.69. The van der Waals surface area contributed by atoms with E-state index in [4.69, 9.17) is 4.74 Å². The third kappa shape index (κ3) is 3.76. The topological polar surface area (TPSA) is 21.3 Å². The van der Waals surface area contributed by atoms with E-state index in [9.17, 15) is 0 Å². The third-order valence-electron chi connectivity index (χ3n) is 2.28. The van der Waals surface area contributed by atoms with E-state index in [0.717, 1.165) is 11.3 Å². The summed E-state index contributed by atoms with van der Waals surface area (Å²) in [5.74, 6) is 0.901. The average molecular weight is 205 g/mol. The van der Waals surface area contributed by atoms with E-state index in [-0.39, 0.29) is 0 Å². The molecule has 2 heteroatoms. The fraction of sp³-hybridized carbons (Fsp3) is 0.385. The van der Waals surface area contributed by atoms with Crippen molar-refractivity contribution in [3.05, 3.63) is 42.0 Å². The SMILES string of the molecule is C=C(C)COc1cccc(C(C)NC)c1. The molecule has 2 nitrogen and oxygen atoms in total. The minimum atomic E-state index is 0.346. The van der Waals surface area contributed by atoms with Gasteiger partial charge in [0.15, 0.2) is 0 Å². The highest BCUT2D eigenvalue weighted by Gasteiger charge is 2.03. The lowest BCUT2D eigenvalue weighted by atomic mass is 10.1. The second kappa shape index (κ2) is 5.56. The van der Waals surface area contributed by atoms with Gasteiger partial charge >= 0.3 is 0 Å². The molecule has 0 saturated heterocycles. The molecule has 1 aromatic carbocycles. The first-order valence-electron chi connectivity index (χ1n) is 5.18. The van der Waals surface area contributed by atoms with Gasteiger partial charge < -0.3 is 10.1 Å². The Bertz CT molecular complexity index is 333. The minimum absolute atomic E-state index is 0.346. The molecule has 0 bridgehead atoms. The molecular formula is C13H19NO. The van der Waals surface area contributed by atoms with Gasteiger partial charge in [-0.3, -0.25) is 0 Å². The monoisotopic (exact) mass is 205 g/mol. The lowest BCUT2D eigenvalue weighted by molar-refractivity contribution is 0.352. The number of hydrogen-bond acceptors (Lipinski definition) is 2. The molecule has 1 rings (SSSR count). The summed E-state index contributed by atoms with van der Waals surface area (Å²) >= 11 is 0. The second-order valence-corrected chi connectivity index (χ2v) is 3.83. The Morgan fingerprint density at radius 1 is 1.53 bits per heavy atom. The lowest BCUT2D eigenvalue weighted by Gasteiger charge is -2.12. The van der Waals surface area contributed by atoms with E-state index in [1.54, 1.807) is 0 Å². The summed E-state index contributed by atoms with van der Waals surface area (Å²) in [6.45, 7) is 8.47. The van der Waals surface area contributed by atoms with Crippen LogP contribution in [0.1, 0.15) is 25.5 Å². The van der Waals surface area contributed by atoms with Crippen LogP contribution in [0.3, 0.4) is 0 Å². The maximum Gasteiger partial charge on any atom is 0.120 e. The van der Waals surface area contributed by atoms with Gasteiger partial charge in [0.2, 0.25) is 0 Å². The van der Waals surface area contributed by atoms with Crippen molar-refractivity contribution in [2.75, 3.05) is 13.7 Å². The Morgan fingerprint density at radius 2 is 2.27 bits per heavy atom. The molecule has 82 valence electrons. The van der Waals surface area contributed by atoms with Gasteiger partial charge in [-0.15, -0.1) is 0 Å². The van der Waals surface area contributed by atoms with E-state index in [1.807, 2.05) is 26.1 Å². The molecule has 0 aliphatic heterocycles. The van der Waals surface area contributed by atoms with Gasteiger partial charge in [-0.1, -0.05) is 18.7 Å². The Kier molecular flexibility index (Phi) is 4.37. The molecular weight excluding hydrogens is 186 g/mol. The first-order chi connectivity index (χ1) is 7.13. The summed E-state index contributed by atoms with van der Waals surface area (Å²) in [6, 6.07) is 8.48. The third-order valence-corrected chi connectivity index (χ3v) is 2.28. The van der Waals surface area contributed by atoms with Crippen molar-refractivity contribution in [1.29, 1.82) is 0 Å². The number of ether oxygens (including phenoxy) is 1. The number of hydrogen-bond donors (Lipinski definition) is 1. The van der Waals surface area contributed by atoms with Crippen LogP contribution in [-0.2, 0) is 0 Å². The second-order valence-electron chi connectivity index (χ2n) is 3.83. The van der Waals surface area contributed by atoms with E-state index in [2.05, 4.69) is 31.0 Å². The maximum absolute atomic E-state index is 5.58. The molecule has 0 aliphatic carbocycles. The quantitative estimate of drug-likeness (QED) is 0.746. The van der Waals surface area contributed by atoms with Crippen LogP contribution in [0.4, 0.5) is 0 Å². The highest BCUT2D eigenvalue weighted by Crippen LogP contribution is 2.18. The zero-order valence-corrected chi connectivity index (χ0v) is 9.71. The van der Waals surface area contributed by atoms with Crippen molar-refractivity contribution < 1.29 is 4.74 Å². The molecule has 15 heavy (non-hydrogen) atoms. The normalized spacial score (nSPS) is 12.2. The van der Waals surface area contributed by atoms with Gasteiger partial charge in [-0.2, -0.15) is 0 Å². The first kappa shape index (κ1) is 11.8. The van der Waals surface area contributed by atoms with Crippen LogP contribution in [0.15, 0.2) is 36.4 Å².